The fourth-order valence-electron chi connectivity index (χ4n) is 5.13. The van der Waals surface area contributed by atoms with E-state index < -0.39 is 0 Å². The van der Waals surface area contributed by atoms with Crippen LogP contribution in [0.25, 0.3) is 0 Å². The molecule has 1 aromatic rings. The Kier molecular flexibility index (Phi) is 15.9. The molecule has 0 amide bonds. The molecule has 1 aliphatic rings. The molecular formula is C31H54N2. The summed E-state index contributed by atoms with van der Waals surface area (Å²) in [4.78, 5) is 5.22. The summed E-state index contributed by atoms with van der Waals surface area (Å²) in [5.74, 6) is 0. The van der Waals surface area contributed by atoms with Crippen molar-refractivity contribution in [3.63, 3.8) is 0 Å². The van der Waals surface area contributed by atoms with Crippen LogP contribution in [0.2, 0.25) is 0 Å². The smallest absolute Gasteiger partial charge is 0.101 e. The fourth-order valence-corrected chi connectivity index (χ4v) is 5.13. The zero-order valence-electron chi connectivity index (χ0n) is 22.2. The second-order valence-corrected chi connectivity index (χ2v) is 10.3. The van der Waals surface area contributed by atoms with Crippen LogP contribution in [0.4, 0.5) is 0 Å². The van der Waals surface area contributed by atoms with Gasteiger partial charge in [-0.3, -0.25) is 0 Å². The van der Waals surface area contributed by atoms with E-state index in [0.29, 0.717) is 6.17 Å². The Balaban J connectivity index is 1.65. The van der Waals surface area contributed by atoms with Crippen LogP contribution in [0.5, 0.6) is 0 Å². The Hall–Kier alpha value is -1.44. The first-order valence-electron chi connectivity index (χ1n) is 14.6. The molecule has 1 atom stereocenters. The molecular weight excluding hydrogens is 400 g/mol. The van der Waals surface area contributed by atoms with E-state index in [0.717, 1.165) is 6.54 Å². The van der Waals surface area contributed by atoms with Crippen molar-refractivity contribution in [1.82, 2.24) is 9.80 Å². The summed E-state index contributed by atoms with van der Waals surface area (Å²) in [5, 5.41) is 0. The zero-order chi connectivity index (χ0) is 23.4. The van der Waals surface area contributed by atoms with Crippen molar-refractivity contribution in [3.8, 4) is 0 Å². The molecule has 0 N–H and O–H groups in total. The van der Waals surface area contributed by atoms with Crippen molar-refractivity contribution in [3.05, 3.63) is 48.3 Å². The van der Waals surface area contributed by atoms with Crippen LogP contribution in [0.1, 0.15) is 135 Å². The van der Waals surface area contributed by atoms with Crippen molar-refractivity contribution in [2.45, 2.75) is 142 Å². The van der Waals surface area contributed by atoms with Crippen LogP contribution in [-0.2, 0) is 6.54 Å². The van der Waals surface area contributed by atoms with Gasteiger partial charge in [0.2, 0.25) is 0 Å². The Morgan fingerprint density at radius 3 is 1.61 bits per heavy atom. The van der Waals surface area contributed by atoms with Crippen molar-refractivity contribution in [2.75, 3.05) is 6.54 Å². The van der Waals surface area contributed by atoms with Gasteiger partial charge in [0, 0.05) is 25.5 Å². The monoisotopic (exact) mass is 454 g/mol. The summed E-state index contributed by atoms with van der Waals surface area (Å²) in [5.41, 5.74) is 1.42. The fraction of sp³-hybridized carbons (Fsp3) is 0.742. The first-order valence-corrected chi connectivity index (χ1v) is 14.6. The lowest BCUT2D eigenvalue weighted by atomic mass is 10.1. The molecule has 0 aliphatic carbocycles. The van der Waals surface area contributed by atoms with E-state index in [1.54, 1.807) is 0 Å². The molecule has 33 heavy (non-hydrogen) atoms. The third-order valence-corrected chi connectivity index (χ3v) is 7.26. The Bertz CT molecular complexity index is 582. The van der Waals surface area contributed by atoms with E-state index in [2.05, 4.69) is 66.4 Å². The maximum Gasteiger partial charge on any atom is 0.101 e. The normalized spacial score (nSPS) is 15.6. The van der Waals surface area contributed by atoms with Gasteiger partial charge in [-0.25, -0.2) is 0 Å². The quantitative estimate of drug-likeness (QED) is 0.171. The van der Waals surface area contributed by atoms with Crippen molar-refractivity contribution >= 4 is 0 Å². The highest BCUT2D eigenvalue weighted by molar-refractivity contribution is 5.15. The van der Waals surface area contributed by atoms with Gasteiger partial charge in [-0.15, -0.1) is 0 Å². The average Bonchev–Trinajstić information content (AvgIpc) is 3.21. The third-order valence-electron chi connectivity index (χ3n) is 7.26. The number of hydrogen-bond acceptors (Lipinski definition) is 2. The average molecular weight is 455 g/mol. The predicted molar refractivity (Wildman–Crippen MR) is 146 cm³/mol. The molecule has 0 saturated carbocycles. The molecule has 0 radical (unpaired) electrons. The minimum absolute atomic E-state index is 0.555. The minimum Gasteiger partial charge on any atom is -0.356 e. The Morgan fingerprint density at radius 2 is 1.03 bits per heavy atom. The van der Waals surface area contributed by atoms with E-state index in [1.807, 2.05) is 0 Å². The van der Waals surface area contributed by atoms with Gasteiger partial charge >= 0.3 is 0 Å². The van der Waals surface area contributed by atoms with Gasteiger partial charge in [0.1, 0.15) is 6.17 Å². The SMILES string of the molecule is CCCCCCCCCCCCCN1C=CN(Cc2ccccc2)C1CCCCCCCC. The summed E-state index contributed by atoms with van der Waals surface area (Å²) < 4.78 is 0. The minimum atomic E-state index is 0.555. The van der Waals surface area contributed by atoms with E-state index >= 15 is 0 Å². The van der Waals surface area contributed by atoms with Gasteiger partial charge in [0.05, 0.1) is 0 Å². The summed E-state index contributed by atoms with van der Waals surface area (Å²) in [6, 6.07) is 11.0. The molecule has 2 rings (SSSR count). The van der Waals surface area contributed by atoms with Crippen LogP contribution < -0.4 is 0 Å². The topological polar surface area (TPSA) is 6.48 Å². The largest absolute Gasteiger partial charge is 0.356 e. The maximum absolute atomic E-state index is 2.64. The molecule has 0 aromatic heterocycles. The molecule has 1 unspecified atom stereocenters. The number of benzene rings is 1. The molecule has 0 bridgehead atoms. The summed E-state index contributed by atoms with van der Waals surface area (Å²) >= 11 is 0. The second-order valence-electron chi connectivity index (χ2n) is 10.3. The number of hydrogen-bond donors (Lipinski definition) is 0. The first kappa shape index (κ1) is 27.8. The molecule has 2 nitrogen and oxygen atoms in total. The van der Waals surface area contributed by atoms with Crippen molar-refractivity contribution < 1.29 is 0 Å². The van der Waals surface area contributed by atoms with E-state index in [-0.39, 0.29) is 0 Å². The summed E-state index contributed by atoms with van der Waals surface area (Å²) in [6.45, 7) is 6.86. The van der Waals surface area contributed by atoms with Gasteiger partial charge in [-0.05, 0) is 24.8 Å². The molecule has 0 spiro atoms. The summed E-state index contributed by atoms with van der Waals surface area (Å²) in [7, 11) is 0. The second kappa shape index (κ2) is 18.9. The molecule has 0 fully saturated rings. The number of nitrogens with zero attached hydrogens (tertiary/aromatic N) is 2. The Morgan fingerprint density at radius 1 is 0.545 bits per heavy atom. The first-order chi connectivity index (χ1) is 16.3. The molecule has 1 aromatic carbocycles. The lowest BCUT2D eigenvalue weighted by Crippen LogP contribution is -2.38. The Labute approximate surface area is 206 Å². The predicted octanol–water partition coefficient (Wildman–Crippen LogP) is 9.66. The van der Waals surface area contributed by atoms with Crippen LogP contribution in [-0.4, -0.2) is 22.5 Å². The van der Waals surface area contributed by atoms with Crippen LogP contribution >= 0.6 is 0 Å². The van der Waals surface area contributed by atoms with Crippen molar-refractivity contribution in [1.29, 1.82) is 0 Å². The highest BCUT2D eigenvalue weighted by Gasteiger charge is 2.25. The lowest BCUT2D eigenvalue weighted by Gasteiger charge is -2.33. The standard InChI is InChI=1S/C31H54N2/c1-3-5-7-9-11-12-13-14-15-17-22-26-32-27-28-33(29-30-23-19-18-20-24-30)31(32)25-21-16-10-8-6-4-2/h18-20,23-24,27-28,31H,3-17,21-22,25-26,29H2,1-2H3. The highest BCUT2D eigenvalue weighted by atomic mass is 15.4. The molecule has 188 valence electrons. The molecule has 0 saturated heterocycles. The van der Waals surface area contributed by atoms with Gasteiger partial charge in [0.25, 0.3) is 0 Å². The van der Waals surface area contributed by atoms with Crippen LogP contribution in [0.3, 0.4) is 0 Å². The highest BCUT2D eigenvalue weighted by Crippen LogP contribution is 2.25. The lowest BCUT2D eigenvalue weighted by molar-refractivity contribution is 0.132. The van der Waals surface area contributed by atoms with E-state index in [9.17, 15) is 0 Å². The summed E-state index contributed by atoms with van der Waals surface area (Å²) in [6.07, 6.45) is 30.5. The number of unbranched alkanes of at least 4 members (excludes halogenated alkanes) is 15. The molecule has 2 heteroatoms. The van der Waals surface area contributed by atoms with E-state index in [1.165, 1.54) is 128 Å². The third kappa shape index (κ3) is 12.6. The van der Waals surface area contributed by atoms with E-state index in [4.69, 9.17) is 0 Å². The van der Waals surface area contributed by atoms with Gasteiger partial charge in [-0.2, -0.15) is 0 Å². The van der Waals surface area contributed by atoms with Gasteiger partial charge in [-0.1, -0.05) is 140 Å². The van der Waals surface area contributed by atoms with Crippen LogP contribution in [0.15, 0.2) is 42.7 Å². The van der Waals surface area contributed by atoms with Crippen LogP contribution in [0, 0.1) is 0 Å². The molecule has 1 aliphatic heterocycles. The van der Waals surface area contributed by atoms with Crippen molar-refractivity contribution in [2.24, 2.45) is 0 Å². The maximum atomic E-state index is 2.64. The zero-order valence-corrected chi connectivity index (χ0v) is 22.2. The molecule has 1 heterocycles. The van der Waals surface area contributed by atoms with Gasteiger partial charge in [0.15, 0.2) is 0 Å². The van der Waals surface area contributed by atoms with Gasteiger partial charge < -0.3 is 9.80 Å². The number of rotatable bonds is 21.